The molecule has 0 aliphatic rings. The number of nitrogens with one attached hydrogen (secondary N) is 1. The van der Waals surface area contributed by atoms with Gasteiger partial charge in [0.25, 0.3) is 5.56 Å². The lowest BCUT2D eigenvalue weighted by atomic mass is 10.5. The second kappa shape index (κ2) is 9.57. The first-order valence-corrected chi connectivity index (χ1v) is 8.80. The molecule has 1 rings (SSSR count). The van der Waals surface area contributed by atoms with Crippen LogP contribution in [-0.4, -0.2) is 40.4 Å². The number of aromatic nitrogens is 2. The normalized spacial score (nSPS) is 14.2. The number of halogens is 1. The van der Waals surface area contributed by atoms with E-state index in [1.807, 2.05) is 11.9 Å². The monoisotopic (exact) mass is 350 g/mol. The minimum absolute atomic E-state index is 0.0448. The summed E-state index contributed by atoms with van der Waals surface area (Å²) in [6.07, 6.45) is 3.81. The molecule has 1 unspecified atom stereocenters. The van der Waals surface area contributed by atoms with E-state index >= 15 is 0 Å². The van der Waals surface area contributed by atoms with Crippen molar-refractivity contribution < 1.29 is 23.1 Å². The van der Waals surface area contributed by atoms with Crippen molar-refractivity contribution in [3.63, 3.8) is 0 Å². The largest absolute Gasteiger partial charge is 0.382 e. The third kappa shape index (κ3) is 7.51. The van der Waals surface area contributed by atoms with Crippen LogP contribution in [0.25, 0.3) is 0 Å². The summed E-state index contributed by atoms with van der Waals surface area (Å²) < 4.78 is 35.6. The van der Waals surface area contributed by atoms with Gasteiger partial charge in [0.05, 0.1) is 19.0 Å². The third-order valence-electron chi connectivity index (χ3n) is 2.70. The van der Waals surface area contributed by atoms with Crippen molar-refractivity contribution in [3.05, 3.63) is 45.0 Å². The van der Waals surface area contributed by atoms with E-state index in [1.165, 1.54) is 12.2 Å². The molecule has 0 saturated carbocycles. The van der Waals surface area contributed by atoms with Gasteiger partial charge in [-0.3, -0.25) is 18.9 Å². The molecular weight excluding hydrogens is 330 g/mol. The Morgan fingerprint density at radius 2 is 2.13 bits per heavy atom. The van der Waals surface area contributed by atoms with Gasteiger partial charge in [-0.2, -0.15) is 4.39 Å². The molecule has 23 heavy (non-hydrogen) atoms. The third-order valence-corrected chi connectivity index (χ3v) is 3.96. The van der Waals surface area contributed by atoms with Gasteiger partial charge in [-0.1, -0.05) is 12.2 Å². The van der Waals surface area contributed by atoms with Crippen LogP contribution < -0.4 is 11.2 Å². The van der Waals surface area contributed by atoms with Crippen LogP contribution >= 0.6 is 7.60 Å². The number of allylic oxidation sites excluding steroid dienone is 2. The van der Waals surface area contributed by atoms with E-state index in [2.05, 4.69) is 0 Å². The van der Waals surface area contributed by atoms with E-state index in [4.69, 9.17) is 9.26 Å². The second-order valence-corrected chi connectivity index (χ2v) is 6.46. The first kappa shape index (κ1) is 19.5. The Morgan fingerprint density at radius 3 is 2.83 bits per heavy atom. The van der Waals surface area contributed by atoms with Gasteiger partial charge in [-0.05, 0) is 13.3 Å². The molecule has 8 nitrogen and oxygen atoms in total. The second-order valence-electron chi connectivity index (χ2n) is 4.56. The van der Waals surface area contributed by atoms with Gasteiger partial charge in [0, 0.05) is 19.8 Å². The summed E-state index contributed by atoms with van der Waals surface area (Å²) in [7, 11) is -3.75. The number of rotatable bonds is 10. The van der Waals surface area contributed by atoms with Crippen molar-refractivity contribution in [2.24, 2.45) is 0 Å². The Labute approximate surface area is 132 Å². The number of aromatic amines is 1. The summed E-state index contributed by atoms with van der Waals surface area (Å²) in [4.78, 5) is 33.6. The predicted molar refractivity (Wildman–Crippen MR) is 82.2 cm³/mol. The summed E-state index contributed by atoms with van der Waals surface area (Å²) >= 11 is 0. The van der Waals surface area contributed by atoms with Crippen LogP contribution in [0.15, 0.2) is 27.9 Å². The first-order chi connectivity index (χ1) is 10.9. The van der Waals surface area contributed by atoms with Crippen LogP contribution in [-0.2, 0) is 20.4 Å². The molecule has 1 aromatic heterocycles. The highest BCUT2D eigenvalue weighted by Crippen LogP contribution is 2.41. The number of hydrogen-bond acceptors (Lipinski definition) is 5. The summed E-state index contributed by atoms with van der Waals surface area (Å²) in [5, 5.41) is 0. The van der Waals surface area contributed by atoms with E-state index in [-0.39, 0.29) is 19.3 Å². The van der Waals surface area contributed by atoms with Crippen molar-refractivity contribution >= 4 is 7.60 Å². The fourth-order valence-electron chi connectivity index (χ4n) is 1.58. The van der Waals surface area contributed by atoms with E-state index in [0.29, 0.717) is 19.6 Å². The van der Waals surface area contributed by atoms with Crippen LogP contribution in [0.1, 0.15) is 13.3 Å². The van der Waals surface area contributed by atoms with Crippen LogP contribution in [0.5, 0.6) is 0 Å². The maximum absolute atomic E-state index is 13.0. The Bertz CT molecular complexity index is 684. The average molecular weight is 350 g/mol. The molecule has 0 bridgehead atoms. The standard InChI is InChI=1S/C13H20FN2O6P/c1-2-21-7-5-8-22-23(19,20)9-4-3-6-16-10-11(14)12(17)15-13(16)18/h3-4,10H,2,5-9H2,1H3,(H,19,20)(H,15,17,18)/b4-3+. The molecule has 0 radical (unpaired) electrons. The lowest BCUT2D eigenvalue weighted by Gasteiger charge is -2.10. The molecule has 0 aromatic carbocycles. The molecule has 0 spiro atoms. The van der Waals surface area contributed by atoms with Crippen molar-refractivity contribution in [1.29, 1.82) is 0 Å². The van der Waals surface area contributed by atoms with Gasteiger partial charge in [0.1, 0.15) is 0 Å². The summed E-state index contributed by atoms with van der Waals surface area (Å²) in [6.45, 7) is 2.93. The molecule has 130 valence electrons. The lowest BCUT2D eigenvalue weighted by Crippen LogP contribution is -2.31. The number of H-pyrrole nitrogens is 1. The van der Waals surface area contributed by atoms with E-state index in [0.717, 1.165) is 10.8 Å². The van der Waals surface area contributed by atoms with Gasteiger partial charge >= 0.3 is 13.3 Å². The summed E-state index contributed by atoms with van der Waals surface area (Å²) in [5.41, 5.74) is -1.85. The quantitative estimate of drug-likeness (QED) is 0.368. The Morgan fingerprint density at radius 1 is 1.39 bits per heavy atom. The minimum Gasteiger partial charge on any atom is -0.382 e. The molecule has 0 aliphatic carbocycles. The van der Waals surface area contributed by atoms with E-state index in [9.17, 15) is 23.4 Å². The molecule has 1 heterocycles. The maximum Gasteiger partial charge on any atom is 0.331 e. The Hall–Kier alpha value is -1.54. The zero-order valence-electron chi connectivity index (χ0n) is 12.7. The number of nitrogens with zero attached hydrogens (tertiary/aromatic N) is 1. The number of ether oxygens (including phenoxy) is 1. The van der Waals surface area contributed by atoms with Crippen LogP contribution in [0, 0.1) is 5.82 Å². The van der Waals surface area contributed by atoms with Crippen molar-refractivity contribution in [2.45, 2.75) is 19.9 Å². The zero-order valence-corrected chi connectivity index (χ0v) is 13.6. The molecule has 10 heteroatoms. The average Bonchev–Trinajstić information content (AvgIpc) is 2.48. The highest BCUT2D eigenvalue weighted by atomic mass is 31.2. The molecule has 1 atom stereocenters. The fourth-order valence-corrected chi connectivity index (χ4v) is 2.51. The first-order valence-electron chi connectivity index (χ1n) is 7.04. The van der Waals surface area contributed by atoms with Crippen LogP contribution in [0.2, 0.25) is 0 Å². The summed E-state index contributed by atoms with van der Waals surface area (Å²) in [6, 6.07) is 0. The summed E-state index contributed by atoms with van der Waals surface area (Å²) in [5.74, 6) is -1.08. The van der Waals surface area contributed by atoms with Crippen LogP contribution in [0.3, 0.4) is 0 Å². The Balaban J connectivity index is 2.43. The van der Waals surface area contributed by atoms with Crippen molar-refractivity contribution in [3.8, 4) is 0 Å². The molecule has 2 N–H and O–H groups in total. The predicted octanol–water partition coefficient (Wildman–Crippen LogP) is 0.860. The van der Waals surface area contributed by atoms with E-state index < -0.39 is 24.7 Å². The molecule has 0 fully saturated rings. The SMILES string of the molecule is CCOCCCOP(=O)(O)C/C=C/Cn1cc(F)c(=O)[nH]c1=O. The molecule has 0 amide bonds. The fraction of sp³-hybridized carbons (Fsp3) is 0.538. The van der Waals surface area contributed by atoms with E-state index in [1.54, 1.807) is 0 Å². The number of hydrogen-bond donors (Lipinski definition) is 2. The maximum atomic E-state index is 13.0. The van der Waals surface area contributed by atoms with Gasteiger partial charge in [0.15, 0.2) is 0 Å². The van der Waals surface area contributed by atoms with Gasteiger partial charge in [0.2, 0.25) is 5.82 Å². The van der Waals surface area contributed by atoms with Gasteiger partial charge in [-0.15, -0.1) is 0 Å². The topological polar surface area (TPSA) is 111 Å². The van der Waals surface area contributed by atoms with Crippen molar-refractivity contribution in [2.75, 3.05) is 26.0 Å². The minimum atomic E-state index is -3.75. The smallest absolute Gasteiger partial charge is 0.331 e. The van der Waals surface area contributed by atoms with Crippen molar-refractivity contribution in [1.82, 2.24) is 9.55 Å². The van der Waals surface area contributed by atoms with Gasteiger partial charge < -0.3 is 14.2 Å². The zero-order chi connectivity index (χ0) is 17.3. The highest BCUT2D eigenvalue weighted by molar-refractivity contribution is 7.53. The molecular formula is C13H20FN2O6P. The van der Waals surface area contributed by atoms with Gasteiger partial charge in [-0.25, -0.2) is 4.79 Å². The molecule has 1 aromatic rings. The van der Waals surface area contributed by atoms with Crippen LogP contribution in [0.4, 0.5) is 4.39 Å². The lowest BCUT2D eigenvalue weighted by molar-refractivity contribution is 0.128. The highest BCUT2D eigenvalue weighted by Gasteiger charge is 2.16. The molecule has 0 saturated heterocycles. The molecule has 0 aliphatic heterocycles. The Kier molecular flexibility index (Phi) is 8.11.